The molecule has 3 N–H and O–H groups in total. The molecule has 4 rings (SSSR count). The molecule has 1 aliphatic heterocycles. The van der Waals surface area contributed by atoms with Crippen molar-refractivity contribution < 1.29 is 14.6 Å². The topological polar surface area (TPSA) is 88.7 Å². The number of rotatable bonds is 2. The summed E-state index contributed by atoms with van der Waals surface area (Å²) in [6, 6.07) is 0. The summed E-state index contributed by atoms with van der Waals surface area (Å²) in [4.78, 5) is 20.7. The predicted molar refractivity (Wildman–Crippen MR) is 106 cm³/mol. The largest absolute Gasteiger partial charge is 0.392 e. The number of aromatic nitrogens is 1. The first kappa shape index (κ1) is 19.2. The molecule has 0 bridgehead atoms. The number of carbonyl (C=O) groups is 1. The van der Waals surface area contributed by atoms with Gasteiger partial charge in [-0.2, -0.15) is 0 Å². The van der Waals surface area contributed by atoms with Gasteiger partial charge in [0, 0.05) is 29.8 Å². The number of anilines is 1. The van der Waals surface area contributed by atoms with Crippen molar-refractivity contribution in [2.24, 2.45) is 23.2 Å². The average molecular weight is 394 g/mol. The summed E-state index contributed by atoms with van der Waals surface area (Å²) in [6.45, 7) is 8.99. The van der Waals surface area contributed by atoms with Crippen molar-refractivity contribution in [3.05, 3.63) is 10.6 Å². The summed E-state index contributed by atoms with van der Waals surface area (Å²) in [5, 5.41) is 12.0. The molecule has 0 aromatic carbocycles. The number of nitrogens with two attached hydrogens (primary N) is 1. The fourth-order valence-electron chi connectivity index (χ4n) is 5.82. The Kier molecular flexibility index (Phi) is 4.97. The number of morpholine rings is 1. The van der Waals surface area contributed by atoms with Crippen LogP contribution < -0.4 is 5.73 Å². The van der Waals surface area contributed by atoms with E-state index in [1.54, 1.807) is 11.3 Å². The maximum atomic E-state index is 13.0. The lowest BCUT2D eigenvalue weighted by atomic mass is 9.53. The van der Waals surface area contributed by atoms with Crippen molar-refractivity contribution in [1.82, 2.24) is 9.88 Å². The zero-order valence-electron chi connectivity index (χ0n) is 16.5. The maximum Gasteiger partial charge on any atom is 0.225 e. The van der Waals surface area contributed by atoms with Crippen LogP contribution in [0.5, 0.6) is 0 Å². The maximum absolute atomic E-state index is 13.0. The smallest absolute Gasteiger partial charge is 0.225 e. The Morgan fingerprint density at radius 3 is 2.85 bits per heavy atom. The molecule has 1 amide bonds. The standard InChI is InChI=1S/C20H31N3O3S/c1-11(18(25)23-6-8-26-9-7-23)13-4-5-20(3)10-14-16(22-19(21)27-14)12(2)15(20)17(13)24/h11-13,15,17,24H,4-10H2,1-3H3,(H2,21,22)/t11-,12+,13-,15+,17-,20+/m0/s1. The van der Waals surface area contributed by atoms with E-state index in [2.05, 4.69) is 18.8 Å². The Hall–Kier alpha value is -1.18. The van der Waals surface area contributed by atoms with E-state index in [0.717, 1.165) is 25.0 Å². The third-order valence-electron chi connectivity index (χ3n) is 7.29. The SMILES string of the molecule is C[C@H](C(=O)N1CCOCC1)[C@@H]1CC[C@]2(C)Cc3sc(N)nc3[C@H](C)[C@@H]2[C@H]1O. The number of hydrogen-bond acceptors (Lipinski definition) is 6. The van der Waals surface area contributed by atoms with Crippen LogP contribution in [-0.2, 0) is 16.0 Å². The lowest BCUT2D eigenvalue weighted by molar-refractivity contribution is -0.148. The molecule has 6 nitrogen and oxygen atoms in total. The molecule has 1 aromatic rings. The summed E-state index contributed by atoms with van der Waals surface area (Å²) < 4.78 is 5.37. The van der Waals surface area contributed by atoms with E-state index in [4.69, 9.17) is 10.5 Å². The van der Waals surface area contributed by atoms with E-state index in [0.29, 0.717) is 31.4 Å². The molecule has 2 heterocycles. The monoisotopic (exact) mass is 393 g/mol. The third kappa shape index (κ3) is 3.17. The van der Waals surface area contributed by atoms with Crippen molar-refractivity contribution >= 4 is 22.4 Å². The van der Waals surface area contributed by atoms with Crippen LogP contribution in [0.2, 0.25) is 0 Å². The lowest BCUT2D eigenvalue weighted by Gasteiger charge is -2.53. The van der Waals surface area contributed by atoms with Crippen LogP contribution in [0.3, 0.4) is 0 Å². The minimum Gasteiger partial charge on any atom is -0.392 e. The summed E-state index contributed by atoms with van der Waals surface area (Å²) in [7, 11) is 0. The average Bonchev–Trinajstić information content (AvgIpc) is 3.01. The van der Waals surface area contributed by atoms with Crippen LogP contribution in [0.25, 0.3) is 0 Å². The minimum atomic E-state index is -0.491. The van der Waals surface area contributed by atoms with Crippen molar-refractivity contribution in [2.45, 2.75) is 52.1 Å². The molecular weight excluding hydrogens is 362 g/mol. The number of nitrogens with zero attached hydrogens (tertiary/aromatic N) is 2. The van der Waals surface area contributed by atoms with Crippen LogP contribution >= 0.6 is 11.3 Å². The highest BCUT2D eigenvalue weighted by atomic mass is 32.1. The predicted octanol–water partition coefficient (Wildman–Crippen LogP) is 2.27. The van der Waals surface area contributed by atoms with Crippen molar-refractivity contribution in [3.63, 3.8) is 0 Å². The van der Waals surface area contributed by atoms with Gasteiger partial charge in [0.25, 0.3) is 0 Å². The molecule has 2 fully saturated rings. The number of carbonyl (C=O) groups excluding carboxylic acids is 1. The van der Waals surface area contributed by atoms with Crippen molar-refractivity contribution in [3.8, 4) is 0 Å². The molecule has 3 aliphatic rings. The molecule has 27 heavy (non-hydrogen) atoms. The second-order valence-corrected chi connectivity index (χ2v) is 10.0. The van der Waals surface area contributed by atoms with Gasteiger partial charge in [-0.05, 0) is 36.5 Å². The summed E-state index contributed by atoms with van der Waals surface area (Å²) >= 11 is 1.59. The molecule has 7 heteroatoms. The molecule has 1 saturated carbocycles. The highest BCUT2D eigenvalue weighted by Gasteiger charge is 2.54. The molecule has 0 spiro atoms. The zero-order valence-corrected chi connectivity index (χ0v) is 17.3. The van der Waals surface area contributed by atoms with Gasteiger partial charge in [-0.15, -0.1) is 11.3 Å². The highest BCUT2D eigenvalue weighted by molar-refractivity contribution is 7.15. The van der Waals surface area contributed by atoms with E-state index in [-0.39, 0.29) is 35.0 Å². The molecule has 6 atom stereocenters. The first-order valence-electron chi connectivity index (χ1n) is 10.1. The quantitative estimate of drug-likeness (QED) is 0.805. The van der Waals surface area contributed by atoms with Crippen LogP contribution in [-0.4, -0.2) is 53.3 Å². The van der Waals surface area contributed by atoms with E-state index < -0.39 is 6.10 Å². The number of fused-ring (bicyclic) bond motifs is 2. The first-order valence-corrected chi connectivity index (χ1v) is 10.9. The van der Waals surface area contributed by atoms with Crippen LogP contribution in [0.1, 0.15) is 50.1 Å². The number of hydrogen-bond donors (Lipinski definition) is 2. The highest BCUT2D eigenvalue weighted by Crippen LogP contribution is 2.57. The van der Waals surface area contributed by atoms with Gasteiger partial charge in [0.1, 0.15) is 0 Å². The molecule has 150 valence electrons. The fourth-order valence-corrected chi connectivity index (χ4v) is 6.95. The second-order valence-electron chi connectivity index (χ2n) is 8.93. The van der Waals surface area contributed by atoms with Crippen LogP contribution in [0.15, 0.2) is 0 Å². The summed E-state index contributed by atoms with van der Waals surface area (Å²) in [5.41, 5.74) is 7.08. The van der Waals surface area contributed by atoms with Gasteiger partial charge in [0.15, 0.2) is 5.13 Å². The van der Waals surface area contributed by atoms with Gasteiger partial charge in [-0.25, -0.2) is 4.98 Å². The third-order valence-corrected chi connectivity index (χ3v) is 8.19. The van der Waals surface area contributed by atoms with Crippen molar-refractivity contribution in [2.75, 3.05) is 32.0 Å². The summed E-state index contributed by atoms with van der Waals surface area (Å²) in [5.74, 6) is 0.268. The van der Waals surface area contributed by atoms with Gasteiger partial charge in [0.05, 0.1) is 25.0 Å². The first-order chi connectivity index (χ1) is 12.8. The zero-order chi connectivity index (χ0) is 19.3. The number of thiazole rings is 1. The Bertz CT molecular complexity index is 717. The van der Waals surface area contributed by atoms with Gasteiger partial charge in [0.2, 0.25) is 5.91 Å². The lowest BCUT2D eigenvalue weighted by Crippen LogP contribution is -2.54. The molecule has 0 unspecified atom stereocenters. The van der Waals surface area contributed by atoms with Crippen molar-refractivity contribution in [1.29, 1.82) is 0 Å². The van der Waals surface area contributed by atoms with Gasteiger partial charge < -0.3 is 20.5 Å². The van der Waals surface area contributed by atoms with Crippen LogP contribution in [0.4, 0.5) is 5.13 Å². The number of ether oxygens (including phenoxy) is 1. The Labute approximate surface area is 165 Å². The number of aliphatic hydroxyl groups excluding tert-OH is 1. The van der Waals surface area contributed by atoms with Gasteiger partial charge >= 0.3 is 0 Å². The Morgan fingerprint density at radius 2 is 2.15 bits per heavy atom. The molecule has 2 aliphatic carbocycles. The molecule has 1 saturated heterocycles. The second kappa shape index (κ2) is 7.01. The molecule has 0 radical (unpaired) electrons. The Balaban J connectivity index is 1.56. The fraction of sp³-hybridized carbons (Fsp3) is 0.800. The Morgan fingerprint density at radius 1 is 1.44 bits per heavy atom. The molecular formula is C20H31N3O3S. The van der Waals surface area contributed by atoms with E-state index in [9.17, 15) is 9.90 Å². The van der Waals surface area contributed by atoms with E-state index in [1.807, 2.05) is 11.8 Å². The normalized spacial score (nSPS) is 37.4. The minimum absolute atomic E-state index is 0.00148. The van der Waals surface area contributed by atoms with Crippen LogP contribution in [0, 0.1) is 23.2 Å². The number of nitrogen functional groups attached to an aromatic ring is 1. The van der Waals surface area contributed by atoms with E-state index >= 15 is 0 Å². The van der Waals surface area contributed by atoms with Gasteiger partial charge in [-0.1, -0.05) is 20.8 Å². The number of aliphatic hydroxyl groups is 1. The summed E-state index contributed by atoms with van der Waals surface area (Å²) in [6.07, 6.45) is 2.36. The van der Waals surface area contributed by atoms with E-state index in [1.165, 1.54) is 4.88 Å². The van der Waals surface area contributed by atoms with Gasteiger partial charge in [-0.3, -0.25) is 4.79 Å². The number of amides is 1. The molecule has 1 aromatic heterocycles.